The van der Waals surface area contributed by atoms with E-state index in [4.69, 9.17) is 9.47 Å². The predicted octanol–water partition coefficient (Wildman–Crippen LogP) is 5.90. The molecule has 2 atom stereocenters. The SMILES string of the molecule is COc1ccc(Cn2c(C(F)(F)c3ccccc3)nc3sc(N4CCCC4C(=O)N[C@H](C)c4ccccc4)nc3c2=O)c(OC)c1. The number of thiazole rings is 1. The number of amides is 1. The summed E-state index contributed by atoms with van der Waals surface area (Å²) in [5, 5.41) is 3.47. The first-order chi connectivity index (χ1) is 22.2. The molecule has 1 unspecified atom stereocenters. The molecule has 1 fully saturated rings. The summed E-state index contributed by atoms with van der Waals surface area (Å²) in [7, 11) is 2.96. The normalized spacial score (nSPS) is 15.6. The Balaban J connectivity index is 1.41. The van der Waals surface area contributed by atoms with Gasteiger partial charge < -0.3 is 19.7 Å². The van der Waals surface area contributed by atoms with Crippen LogP contribution in [0.3, 0.4) is 0 Å². The van der Waals surface area contributed by atoms with Crippen molar-refractivity contribution in [3.05, 3.63) is 112 Å². The van der Waals surface area contributed by atoms with Crippen molar-refractivity contribution in [2.45, 2.75) is 44.3 Å². The second-order valence-electron chi connectivity index (χ2n) is 11.1. The minimum atomic E-state index is -3.61. The Bertz CT molecular complexity index is 1920. The van der Waals surface area contributed by atoms with Crippen molar-refractivity contribution < 1.29 is 23.0 Å². The van der Waals surface area contributed by atoms with Gasteiger partial charge in [-0.05, 0) is 37.5 Å². The van der Waals surface area contributed by atoms with Crippen LogP contribution in [0.2, 0.25) is 0 Å². The summed E-state index contributed by atoms with van der Waals surface area (Å²) in [6, 6.07) is 21.1. The molecule has 6 rings (SSSR count). The topological polar surface area (TPSA) is 98.6 Å². The van der Waals surface area contributed by atoms with Crippen LogP contribution in [0.15, 0.2) is 83.7 Å². The Kier molecular flexibility index (Phi) is 8.72. The fraction of sp³-hybridized carbons (Fsp3) is 0.294. The van der Waals surface area contributed by atoms with Crippen molar-refractivity contribution in [1.29, 1.82) is 0 Å². The Hall–Kier alpha value is -4.84. The molecule has 1 aliphatic heterocycles. The molecule has 3 aromatic carbocycles. The lowest BCUT2D eigenvalue weighted by molar-refractivity contribution is -0.122. The number of nitrogens with zero attached hydrogens (tertiary/aromatic N) is 4. The van der Waals surface area contributed by atoms with Crippen LogP contribution in [-0.4, -0.2) is 47.2 Å². The maximum atomic E-state index is 16.2. The Morgan fingerprint density at radius 1 is 1.04 bits per heavy atom. The van der Waals surface area contributed by atoms with Crippen molar-refractivity contribution in [2.75, 3.05) is 25.7 Å². The number of alkyl halides is 2. The molecule has 0 radical (unpaired) electrons. The molecule has 1 amide bonds. The van der Waals surface area contributed by atoms with Crippen molar-refractivity contribution >= 4 is 32.7 Å². The van der Waals surface area contributed by atoms with Gasteiger partial charge in [0.1, 0.15) is 17.5 Å². The van der Waals surface area contributed by atoms with Gasteiger partial charge in [0.05, 0.1) is 26.8 Å². The first-order valence-corrected chi connectivity index (χ1v) is 15.7. The van der Waals surface area contributed by atoms with Gasteiger partial charge in [0.2, 0.25) is 5.91 Å². The number of hydrogen-bond acceptors (Lipinski definition) is 8. The highest BCUT2D eigenvalue weighted by molar-refractivity contribution is 7.21. The summed E-state index contributed by atoms with van der Waals surface area (Å²) in [4.78, 5) is 38.4. The third-order valence-electron chi connectivity index (χ3n) is 8.21. The van der Waals surface area contributed by atoms with E-state index in [0.29, 0.717) is 35.2 Å². The lowest BCUT2D eigenvalue weighted by atomic mass is 10.1. The molecule has 9 nitrogen and oxygen atoms in total. The molecule has 46 heavy (non-hydrogen) atoms. The quantitative estimate of drug-likeness (QED) is 0.202. The summed E-state index contributed by atoms with van der Waals surface area (Å²) in [6.07, 6.45) is 1.33. The average Bonchev–Trinajstić information content (AvgIpc) is 3.75. The van der Waals surface area contributed by atoms with Crippen LogP contribution < -0.4 is 25.2 Å². The molecule has 1 aliphatic rings. The number of rotatable bonds is 10. The van der Waals surface area contributed by atoms with E-state index in [1.54, 1.807) is 24.3 Å². The van der Waals surface area contributed by atoms with E-state index in [0.717, 1.165) is 27.9 Å². The van der Waals surface area contributed by atoms with Gasteiger partial charge in [-0.1, -0.05) is 72.0 Å². The number of carbonyl (C=O) groups is 1. The lowest BCUT2D eigenvalue weighted by Gasteiger charge is -2.25. The summed E-state index contributed by atoms with van der Waals surface area (Å²) in [6.45, 7) is 2.20. The second-order valence-corrected chi connectivity index (χ2v) is 12.0. The number of anilines is 1. The molecule has 3 heterocycles. The van der Waals surface area contributed by atoms with Crippen LogP contribution in [0.25, 0.3) is 10.3 Å². The minimum absolute atomic E-state index is 0.0381. The molecule has 0 aliphatic carbocycles. The highest BCUT2D eigenvalue weighted by Gasteiger charge is 2.41. The summed E-state index contributed by atoms with van der Waals surface area (Å²) in [5.74, 6) is -3.60. The molecular formula is C34H33F2N5O4S. The van der Waals surface area contributed by atoms with Gasteiger partial charge in [-0.25, -0.2) is 9.97 Å². The van der Waals surface area contributed by atoms with Crippen LogP contribution in [0.4, 0.5) is 13.9 Å². The Labute approximate surface area is 268 Å². The number of fused-ring (bicyclic) bond motifs is 1. The lowest BCUT2D eigenvalue weighted by Crippen LogP contribution is -2.44. The van der Waals surface area contributed by atoms with E-state index in [-0.39, 0.29) is 34.4 Å². The third kappa shape index (κ3) is 5.92. The van der Waals surface area contributed by atoms with Crippen molar-refractivity contribution in [3.63, 3.8) is 0 Å². The highest BCUT2D eigenvalue weighted by atomic mass is 32.1. The molecule has 12 heteroatoms. The molecule has 0 spiro atoms. The number of benzene rings is 3. The zero-order valence-electron chi connectivity index (χ0n) is 25.6. The second kappa shape index (κ2) is 12.9. The van der Waals surface area contributed by atoms with Crippen LogP contribution in [0.5, 0.6) is 11.5 Å². The van der Waals surface area contributed by atoms with E-state index in [2.05, 4.69) is 15.3 Å². The first kappa shape index (κ1) is 31.2. The molecule has 1 saturated heterocycles. The van der Waals surface area contributed by atoms with Gasteiger partial charge in [0.15, 0.2) is 21.3 Å². The average molecular weight is 646 g/mol. The largest absolute Gasteiger partial charge is 0.497 e. The van der Waals surface area contributed by atoms with Gasteiger partial charge in [0, 0.05) is 23.7 Å². The fourth-order valence-electron chi connectivity index (χ4n) is 5.74. The van der Waals surface area contributed by atoms with Crippen molar-refractivity contribution in [1.82, 2.24) is 19.9 Å². The molecular weight excluding hydrogens is 612 g/mol. The van der Waals surface area contributed by atoms with Crippen molar-refractivity contribution in [3.8, 4) is 11.5 Å². The van der Waals surface area contributed by atoms with E-state index in [9.17, 15) is 9.59 Å². The maximum absolute atomic E-state index is 16.2. The zero-order chi connectivity index (χ0) is 32.4. The number of aromatic nitrogens is 3. The molecule has 2 aromatic heterocycles. The number of halogens is 2. The third-order valence-corrected chi connectivity index (χ3v) is 9.19. The van der Waals surface area contributed by atoms with Gasteiger partial charge >= 0.3 is 5.92 Å². The van der Waals surface area contributed by atoms with E-state index >= 15 is 8.78 Å². The van der Waals surface area contributed by atoms with Crippen LogP contribution >= 0.6 is 11.3 Å². The maximum Gasteiger partial charge on any atom is 0.330 e. The summed E-state index contributed by atoms with van der Waals surface area (Å²) >= 11 is 1.03. The Morgan fingerprint density at radius 2 is 1.76 bits per heavy atom. The van der Waals surface area contributed by atoms with Gasteiger partial charge in [-0.15, -0.1) is 0 Å². The summed E-state index contributed by atoms with van der Waals surface area (Å²) in [5.41, 5.74) is 0.407. The number of carbonyl (C=O) groups excluding carboxylic acids is 1. The number of nitrogens with one attached hydrogen (secondary N) is 1. The molecule has 0 bridgehead atoms. The van der Waals surface area contributed by atoms with E-state index < -0.39 is 23.3 Å². The Morgan fingerprint density at radius 3 is 2.46 bits per heavy atom. The number of hydrogen-bond donors (Lipinski definition) is 1. The number of ether oxygens (including phenoxy) is 2. The molecule has 5 aromatic rings. The van der Waals surface area contributed by atoms with Crippen LogP contribution in [0.1, 0.15) is 48.3 Å². The smallest absolute Gasteiger partial charge is 0.330 e. The molecule has 238 valence electrons. The van der Waals surface area contributed by atoms with Crippen molar-refractivity contribution in [2.24, 2.45) is 0 Å². The van der Waals surface area contributed by atoms with E-state index in [1.165, 1.54) is 38.5 Å². The summed E-state index contributed by atoms with van der Waals surface area (Å²) < 4.78 is 44.2. The predicted molar refractivity (Wildman–Crippen MR) is 173 cm³/mol. The van der Waals surface area contributed by atoms with E-state index in [1.807, 2.05) is 42.2 Å². The van der Waals surface area contributed by atoms with Crippen LogP contribution in [0, 0.1) is 0 Å². The highest BCUT2D eigenvalue weighted by Crippen LogP contribution is 2.38. The minimum Gasteiger partial charge on any atom is -0.497 e. The molecule has 0 saturated carbocycles. The molecule has 1 N–H and O–H groups in total. The van der Waals surface area contributed by atoms with Gasteiger partial charge in [-0.3, -0.25) is 14.2 Å². The monoisotopic (exact) mass is 645 g/mol. The van der Waals surface area contributed by atoms with Gasteiger partial charge in [0.25, 0.3) is 5.56 Å². The number of methoxy groups -OCH3 is 2. The first-order valence-electron chi connectivity index (χ1n) is 14.9. The van der Waals surface area contributed by atoms with Gasteiger partial charge in [-0.2, -0.15) is 8.78 Å². The van der Waals surface area contributed by atoms with Crippen LogP contribution in [-0.2, 0) is 17.3 Å². The standard InChI is InChI=1S/C34H33F2N5O4S/c1-21(22-11-6-4-7-12-22)37-29(42)26-15-10-18-40(26)33-38-28-30(46-33)39-32(34(35,36)24-13-8-5-9-14-24)41(31(28)43)20-23-16-17-25(44-2)19-27(23)45-3/h4-9,11-14,16-17,19,21,26H,10,15,18,20H2,1-3H3,(H,37,42)/t21-,26?/m1/s1. The fourth-order valence-corrected chi connectivity index (χ4v) is 6.75. The zero-order valence-corrected chi connectivity index (χ0v) is 26.4.